The van der Waals surface area contributed by atoms with E-state index in [1.807, 2.05) is 12.1 Å². The highest BCUT2D eigenvalue weighted by atomic mass is 32.1. The summed E-state index contributed by atoms with van der Waals surface area (Å²) in [6.07, 6.45) is 1.58. The molecule has 1 aromatic carbocycles. The number of fused-ring (bicyclic) bond motifs is 3. The van der Waals surface area contributed by atoms with E-state index in [-0.39, 0.29) is 24.0 Å². The Balaban J connectivity index is 2.17. The third-order valence-electron chi connectivity index (χ3n) is 4.07. The van der Waals surface area contributed by atoms with E-state index in [1.54, 1.807) is 21.1 Å². The van der Waals surface area contributed by atoms with Crippen molar-refractivity contribution in [2.24, 2.45) is 0 Å². The number of esters is 1. The Kier molecular flexibility index (Phi) is 4.63. The zero-order valence-electron chi connectivity index (χ0n) is 14.4. The molecule has 0 bridgehead atoms. The van der Waals surface area contributed by atoms with Crippen LogP contribution in [0.5, 0.6) is 11.5 Å². The van der Waals surface area contributed by atoms with Gasteiger partial charge < -0.3 is 14.2 Å². The average Bonchev–Trinajstić information content (AvgIpc) is 2.98. The molecular formula is C17H18N2O5S. The SMILES string of the molecule is COC(=O)CC(C)n1cnc2c(sc3cc(OC)c(OC)cc32)c1=O. The summed E-state index contributed by atoms with van der Waals surface area (Å²) in [5.74, 6) is 0.811. The van der Waals surface area contributed by atoms with Crippen molar-refractivity contribution in [1.82, 2.24) is 9.55 Å². The van der Waals surface area contributed by atoms with Crippen LogP contribution in [0.3, 0.4) is 0 Å². The molecule has 0 saturated heterocycles. The highest BCUT2D eigenvalue weighted by Gasteiger charge is 2.18. The van der Waals surface area contributed by atoms with Crippen molar-refractivity contribution in [2.45, 2.75) is 19.4 Å². The number of hydrogen-bond donors (Lipinski definition) is 0. The van der Waals surface area contributed by atoms with Crippen molar-refractivity contribution in [3.05, 3.63) is 28.8 Å². The summed E-state index contributed by atoms with van der Waals surface area (Å²) >= 11 is 1.35. The second kappa shape index (κ2) is 6.72. The first-order chi connectivity index (χ1) is 12.0. The third-order valence-corrected chi connectivity index (χ3v) is 5.20. The molecule has 0 saturated carbocycles. The van der Waals surface area contributed by atoms with Gasteiger partial charge in [0.15, 0.2) is 11.5 Å². The summed E-state index contributed by atoms with van der Waals surface area (Å²) in [5, 5.41) is 0.836. The summed E-state index contributed by atoms with van der Waals surface area (Å²) in [7, 11) is 4.45. The van der Waals surface area contributed by atoms with E-state index in [2.05, 4.69) is 9.72 Å². The number of carbonyl (C=O) groups is 1. The topological polar surface area (TPSA) is 79.7 Å². The summed E-state index contributed by atoms with van der Waals surface area (Å²) in [5.41, 5.74) is 0.438. The molecule has 0 fully saturated rings. The van der Waals surface area contributed by atoms with Crippen LogP contribution in [-0.4, -0.2) is 36.8 Å². The molecule has 8 heteroatoms. The molecule has 0 aliphatic rings. The van der Waals surface area contributed by atoms with Crippen molar-refractivity contribution >= 4 is 37.6 Å². The Morgan fingerprint density at radius 1 is 1.24 bits per heavy atom. The average molecular weight is 362 g/mol. The first kappa shape index (κ1) is 17.2. The largest absolute Gasteiger partial charge is 0.493 e. The third kappa shape index (κ3) is 2.93. The maximum Gasteiger partial charge on any atom is 0.307 e. The second-order valence-electron chi connectivity index (χ2n) is 5.57. The van der Waals surface area contributed by atoms with Crippen molar-refractivity contribution in [3.8, 4) is 11.5 Å². The maximum atomic E-state index is 12.8. The van der Waals surface area contributed by atoms with E-state index in [4.69, 9.17) is 9.47 Å². The van der Waals surface area contributed by atoms with Crippen LogP contribution in [0.4, 0.5) is 0 Å². The van der Waals surface area contributed by atoms with E-state index in [1.165, 1.54) is 29.3 Å². The highest BCUT2D eigenvalue weighted by Crippen LogP contribution is 2.38. The Hall–Kier alpha value is -2.61. The molecule has 3 rings (SSSR count). The van der Waals surface area contributed by atoms with Crippen molar-refractivity contribution in [2.75, 3.05) is 21.3 Å². The summed E-state index contributed by atoms with van der Waals surface area (Å²) in [6, 6.07) is 3.32. The van der Waals surface area contributed by atoms with Crippen LogP contribution in [0, 0.1) is 0 Å². The van der Waals surface area contributed by atoms with E-state index in [9.17, 15) is 9.59 Å². The van der Waals surface area contributed by atoms with Crippen molar-refractivity contribution in [1.29, 1.82) is 0 Å². The Labute approximate surface area is 147 Å². The quantitative estimate of drug-likeness (QED) is 0.649. The molecular weight excluding hydrogens is 344 g/mol. The van der Waals surface area contributed by atoms with Gasteiger partial charge in [-0.25, -0.2) is 4.98 Å². The van der Waals surface area contributed by atoms with Gasteiger partial charge in [0.05, 0.1) is 39.6 Å². The van der Waals surface area contributed by atoms with E-state index < -0.39 is 0 Å². The van der Waals surface area contributed by atoms with Gasteiger partial charge in [-0.1, -0.05) is 0 Å². The zero-order chi connectivity index (χ0) is 18.1. The van der Waals surface area contributed by atoms with Gasteiger partial charge in [0, 0.05) is 22.2 Å². The molecule has 2 aromatic heterocycles. The lowest BCUT2D eigenvalue weighted by Gasteiger charge is -2.13. The number of benzene rings is 1. The number of hydrogen-bond acceptors (Lipinski definition) is 7. The fourth-order valence-corrected chi connectivity index (χ4v) is 3.81. The lowest BCUT2D eigenvalue weighted by atomic mass is 10.2. The molecule has 1 atom stereocenters. The monoisotopic (exact) mass is 362 g/mol. The van der Waals surface area contributed by atoms with Gasteiger partial charge in [-0.3, -0.25) is 14.2 Å². The standard InChI is InChI=1S/C17H18N2O5S/c1-9(5-14(20)24-4)19-8-18-15-10-6-11(22-2)12(23-3)7-13(10)25-16(15)17(19)21/h6-9H,5H2,1-4H3. The summed E-state index contributed by atoms with van der Waals surface area (Å²) in [6.45, 7) is 1.78. The van der Waals surface area contributed by atoms with Crippen molar-refractivity contribution in [3.63, 3.8) is 0 Å². The number of ether oxygens (including phenoxy) is 3. The molecule has 7 nitrogen and oxygen atoms in total. The van der Waals surface area contributed by atoms with Crippen LogP contribution in [-0.2, 0) is 9.53 Å². The normalized spacial score (nSPS) is 12.3. The van der Waals surface area contributed by atoms with Gasteiger partial charge in [-0.2, -0.15) is 0 Å². The first-order valence-corrected chi connectivity index (χ1v) is 8.44. The van der Waals surface area contributed by atoms with E-state index in [0.29, 0.717) is 21.7 Å². The number of rotatable bonds is 5. The minimum absolute atomic E-state index is 0.107. The van der Waals surface area contributed by atoms with Crippen LogP contribution in [0.1, 0.15) is 19.4 Å². The molecule has 0 spiro atoms. The number of aromatic nitrogens is 2. The molecule has 3 aromatic rings. The van der Waals surface area contributed by atoms with Crippen LogP contribution < -0.4 is 15.0 Å². The minimum Gasteiger partial charge on any atom is -0.493 e. The minimum atomic E-state index is -0.370. The molecule has 25 heavy (non-hydrogen) atoms. The number of thiophene rings is 1. The smallest absolute Gasteiger partial charge is 0.307 e. The molecule has 0 aliphatic heterocycles. The Morgan fingerprint density at radius 2 is 1.92 bits per heavy atom. The number of nitrogens with zero attached hydrogens (tertiary/aromatic N) is 2. The molecule has 0 radical (unpaired) electrons. The maximum absolute atomic E-state index is 12.8. The first-order valence-electron chi connectivity index (χ1n) is 7.62. The molecule has 1 unspecified atom stereocenters. The van der Waals surface area contributed by atoms with E-state index in [0.717, 1.165) is 10.1 Å². The Bertz CT molecular complexity index is 1010. The fourth-order valence-electron chi connectivity index (χ4n) is 2.71. The van der Waals surface area contributed by atoms with Crippen LogP contribution in [0.25, 0.3) is 20.3 Å². The lowest BCUT2D eigenvalue weighted by Crippen LogP contribution is -2.24. The van der Waals surface area contributed by atoms with Crippen LogP contribution in [0.2, 0.25) is 0 Å². The predicted octanol–water partition coefficient (Wildman–Crippen LogP) is 2.75. The van der Waals surface area contributed by atoms with Gasteiger partial charge in [0.2, 0.25) is 0 Å². The second-order valence-corrected chi connectivity index (χ2v) is 6.62. The predicted molar refractivity (Wildman–Crippen MR) is 95.8 cm³/mol. The van der Waals surface area contributed by atoms with Crippen LogP contribution >= 0.6 is 11.3 Å². The fraction of sp³-hybridized carbons (Fsp3) is 0.353. The van der Waals surface area contributed by atoms with Crippen molar-refractivity contribution < 1.29 is 19.0 Å². The van der Waals surface area contributed by atoms with Crippen LogP contribution in [0.15, 0.2) is 23.3 Å². The zero-order valence-corrected chi connectivity index (χ0v) is 15.2. The number of carbonyl (C=O) groups excluding carboxylic acids is 1. The molecule has 0 aliphatic carbocycles. The highest BCUT2D eigenvalue weighted by molar-refractivity contribution is 7.25. The van der Waals surface area contributed by atoms with Gasteiger partial charge in [0.1, 0.15) is 4.70 Å². The molecule has 132 valence electrons. The number of methoxy groups -OCH3 is 3. The van der Waals surface area contributed by atoms with Gasteiger partial charge >= 0.3 is 5.97 Å². The summed E-state index contributed by atoms with van der Waals surface area (Å²) < 4.78 is 18.2. The Morgan fingerprint density at radius 3 is 2.56 bits per heavy atom. The van der Waals surface area contributed by atoms with Gasteiger partial charge in [-0.05, 0) is 13.0 Å². The van der Waals surface area contributed by atoms with Gasteiger partial charge in [-0.15, -0.1) is 11.3 Å². The lowest BCUT2D eigenvalue weighted by molar-refractivity contribution is -0.141. The molecule has 0 N–H and O–H groups in total. The molecule has 0 amide bonds. The van der Waals surface area contributed by atoms with Gasteiger partial charge in [0.25, 0.3) is 5.56 Å². The van der Waals surface area contributed by atoms with E-state index >= 15 is 0 Å². The molecule has 2 heterocycles. The summed E-state index contributed by atoms with van der Waals surface area (Å²) in [4.78, 5) is 28.7.